The molecule has 6 heteroatoms. The Kier molecular flexibility index (Phi) is 5.00. The Labute approximate surface area is 77.1 Å². The lowest BCUT2D eigenvalue weighted by molar-refractivity contribution is -0.128. The Morgan fingerprint density at radius 3 is 2.58 bits per heavy atom. The molecule has 0 saturated heterocycles. The minimum Gasteiger partial charge on any atom is -0.342 e. The van der Waals surface area contributed by atoms with Gasteiger partial charge in [0.15, 0.2) is 0 Å². The van der Waals surface area contributed by atoms with E-state index in [0.29, 0.717) is 12.2 Å². The van der Waals surface area contributed by atoms with E-state index in [1.807, 2.05) is 0 Å². The molecule has 12 heavy (non-hydrogen) atoms. The molecule has 0 aliphatic carbocycles. The first-order chi connectivity index (χ1) is 5.52. The molecule has 0 spiro atoms. The van der Waals surface area contributed by atoms with Gasteiger partial charge in [-0.15, -0.1) is 0 Å². The summed E-state index contributed by atoms with van der Waals surface area (Å²) < 4.78 is 25.7. The number of thiol groups is 1. The van der Waals surface area contributed by atoms with E-state index in [-0.39, 0.29) is 5.75 Å². The van der Waals surface area contributed by atoms with Gasteiger partial charge in [0.25, 0.3) is 0 Å². The van der Waals surface area contributed by atoms with Crippen LogP contribution in [0.2, 0.25) is 0 Å². The summed E-state index contributed by atoms with van der Waals surface area (Å²) in [6.07, 6.45) is 1.16. The van der Waals surface area contributed by atoms with E-state index in [1.165, 1.54) is 0 Å². The molecule has 0 aliphatic heterocycles. The molecule has 0 aromatic carbocycles. The van der Waals surface area contributed by atoms with Crippen molar-refractivity contribution in [2.75, 3.05) is 11.5 Å². The van der Waals surface area contributed by atoms with Gasteiger partial charge in [0.05, 0.1) is 5.75 Å². The van der Waals surface area contributed by atoms with Gasteiger partial charge in [-0.25, -0.2) is 4.79 Å². The van der Waals surface area contributed by atoms with Crippen LogP contribution in [0.4, 0.5) is 0 Å². The molecule has 4 nitrogen and oxygen atoms in total. The smallest absolute Gasteiger partial charge is 0.342 e. The van der Waals surface area contributed by atoms with Crippen LogP contribution in [0.1, 0.15) is 6.42 Å². The molecule has 0 aromatic heterocycles. The topological polar surface area (TPSA) is 60.4 Å². The van der Waals surface area contributed by atoms with Crippen LogP contribution in [-0.2, 0) is 19.1 Å². The van der Waals surface area contributed by atoms with Gasteiger partial charge in [0.2, 0.25) is 0 Å². The van der Waals surface area contributed by atoms with E-state index in [9.17, 15) is 13.2 Å². The predicted octanol–water partition coefficient (Wildman–Crippen LogP) is 0.365. The number of carbonyl (C=O) groups excluding carboxylic acids is 1. The SMILES string of the molecule is C=CC(=O)OS(=O)(=O)CCCS. The predicted molar refractivity (Wildman–Crippen MR) is 48.5 cm³/mol. The van der Waals surface area contributed by atoms with Crippen LogP contribution in [-0.4, -0.2) is 25.9 Å². The van der Waals surface area contributed by atoms with Gasteiger partial charge in [-0.05, 0) is 12.2 Å². The van der Waals surface area contributed by atoms with Crippen molar-refractivity contribution in [2.45, 2.75) is 6.42 Å². The maximum Gasteiger partial charge on any atom is 0.345 e. The summed E-state index contributed by atoms with van der Waals surface area (Å²) in [4.78, 5) is 10.5. The third-order valence-electron chi connectivity index (χ3n) is 0.928. The van der Waals surface area contributed by atoms with Crippen molar-refractivity contribution in [3.63, 3.8) is 0 Å². The average Bonchev–Trinajstić information content (AvgIpc) is 2.00. The summed E-state index contributed by atoms with van der Waals surface area (Å²) in [5, 5.41) is 0. The Hall–Kier alpha value is -0.490. The molecule has 0 unspecified atom stereocenters. The van der Waals surface area contributed by atoms with Crippen LogP contribution in [0.5, 0.6) is 0 Å². The standard InChI is InChI=1S/C6H10O4S2/c1-2-6(7)10-12(8,9)5-3-4-11/h2,11H,1,3-5H2. The second kappa shape index (κ2) is 5.21. The van der Waals surface area contributed by atoms with Crippen molar-refractivity contribution in [2.24, 2.45) is 0 Å². The molecule has 0 fully saturated rings. The van der Waals surface area contributed by atoms with Gasteiger partial charge in [-0.3, -0.25) is 0 Å². The highest BCUT2D eigenvalue weighted by Gasteiger charge is 2.13. The van der Waals surface area contributed by atoms with Gasteiger partial charge in [-0.2, -0.15) is 21.0 Å². The quantitative estimate of drug-likeness (QED) is 0.404. The highest BCUT2D eigenvalue weighted by molar-refractivity contribution is 7.87. The highest BCUT2D eigenvalue weighted by atomic mass is 32.2. The molecule has 0 N–H and O–H groups in total. The normalized spacial score (nSPS) is 10.8. The van der Waals surface area contributed by atoms with Crippen LogP contribution >= 0.6 is 12.6 Å². The van der Waals surface area contributed by atoms with E-state index < -0.39 is 16.1 Å². The second-order valence-corrected chi connectivity index (χ2v) is 4.08. The Bertz CT molecular complexity index is 255. The molecule has 0 atom stereocenters. The van der Waals surface area contributed by atoms with Crippen LogP contribution in [0.3, 0.4) is 0 Å². The van der Waals surface area contributed by atoms with Gasteiger partial charge in [-0.1, -0.05) is 6.58 Å². The number of hydrogen-bond acceptors (Lipinski definition) is 5. The zero-order valence-electron chi connectivity index (χ0n) is 6.39. The fourth-order valence-corrected chi connectivity index (χ4v) is 1.71. The minimum atomic E-state index is -3.72. The van der Waals surface area contributed by atoms with Crippen molar-refractivity contribution in [1.82, 2.24) is 0 Å². The molecule has 0 heterocycles. The fourth-order valence-electron chi connectivity index (χ4n) is 0.442. The highest BCUT2D eigenvalue weighted by Crippen LogP contribution is 1.98. The van der Waals surface area contributed by atoms with Gasteiger partial charge in [0.1, 0.15) is 0 Å². The summed E-state index contributed by atoms with van der Waals surface area (Å²) >= 11 is 3.82. The summed E-state index contributed by atoms with van der Waals surface area (Å²) in [7, 11) is -3.72. The zero-order valence-corrected chi connectivity index (χ0v) is 8.11. The fraction of sp³-hybridized carbons (Fsp3) is 0.500. The van der Waals surface area contributed by atoms with Crippen molar-refractivity contribution in [3.8, 4) is 0 Å². The summed E-state index contributed by atoms with van der Waals surface area (Å²) in [5.74, 6) is -0.713. The summed E-state index contributed by atoms with van der Waals surface area (Å²) in [5.41, 5.74) is 0. The molecule has 0 radical (unpaired) electrons. The second-order valence-electron chi connectivity index (χ2n) is 1.95. The monoisotopic (exact) mass is 210 g/mol. The lowest BCUT2D eigenvalue weighted by atomic mass is 10.6. The van der Waals surface area contributed by atoms with E-state index in [4.69, 9.17) is 0 Å². The van der Waals surface area contributed by atoms with Crippen LogP contribution < -0.4 is 0 Å². The van der Waals surface area contributed by atoms with Crippen molar-refractivity contribution in [3.05, 3.63) is 12.7 Å². The Morgan fingerprint density at radius 2 is 2.17 bits per heavy atom. The first kappa shape index (κ1) is 11.5. The summed E-state index contributed by atoms with van der Waals surface area (Å²) in [6, 6.07) is 0. The average molecular weight is 210 g/mol. The van der Waals surface area contributed by atoms with Gasteiger partial charge in [0, 0.05) is 6.08 Å². The Morgan fingerprint density at radius 1 is 1.58 bits per heavy atom. The number of carbonyl (C=O) groups is 1. The van der Waals surface area contributed by atoms with Crippen LogP contribution in [0.25, 0.3) is 0 Å². The van der Waals surface area contributed by atoms with E-state index in [0.717, 1.165) is 6.08 Å². The molecule has 0 bridgehead atoms. The van der Waals surface area contributed by atoms with Crippen LogP contribution in [0, 0.1) is 0 Å². The van der Waals surface area contributed by atoms with Crippen molar-refractivity contribution >= 4 is 28.7 Å². The largest absolute Gasteiger partial charge is 0.345 e. The first-order valence-electron chi connectivity index (χ1n) is 3.21. The molecule has 0 saturated carbocycles. The molecule has 0 amide bonds. The van der Waals surface area contributed by atoms with E-state index in [2.05, 4.69) is 23.4 Å². The lowest BCUT2D eigenvalue weighted by Gasteiger charge is -2.00. The molecule has 0 aliphatic rings. The maximum atomic E-state index is 10.8. The number of hydrogen-bond donors (Lipinski definition) is 1. The molecule has 0 rings (SSSR count). The number of rotatable bonds is 5. The molecular formula is C6H10O4S2. The maximum absolute atomic E-state index is 10.8. The third kappa shape index (κ3) is 5.20. The van der Waals surface area contributed by atoms with E-state index >= 15 is 0 Å². The minimum absolute atomic E-state index is 0.198. The third-order valence-corrected chi connectivity index (χ3v) is 2.45. The van der Waals surface area contributed by atoms with Crippen molar-refractivity contribution in [1.29, 1.82) is 0 Å². The molecule has 70 valence electrons. The van der Waals surface area contributed by atoms with E-state index in [1.54, 1.807) is 0 Å². The molecular weight excluding hydrogens is 200 g/mol. The zero-order chi connectivity index (χ0) is 9.61. The summed E-state index contributed by atoms with van der Waals surface area (Å²) in [6.45, 7) is 3.07. The van der Waals surface area contributed by atoms with Crippen molar-refractivity contribution < 1.29 is 17.4 Å². The first-order valence-corrected chi connectivity index (χ1v) is 5.42. The van der Waals surface area contributed by atoms with Crippen LogP contribution in [0.15, 0.2) is 12.7 Å². The Balaban J connectivity index is 4.05. The van der Waals surface area contributed by atoms with Gasteiger partial charge >= 0.3 is 16.1 Å². The lowest BCUT2D eigenvalue weighted by Crippen LogP contribution is -2.14. The van der Waals surface area contributed by atoms with Gasteiger partial charge < -0.3 is 4.18 Å². The molecule has 0 aromatic rings.